The highest BCUT2D eigenvalue weighted by Crippen LogP contribution is 2.42. The number of nitrogens with two attached hydrogens (primary N) is 1. The van der Waals surface area contributed by atoms with E-state index < -0.39 is 0 Å². The average Bonchev–Trinajstić information content (AvgIpc) is 2.55. The molecule has 1 aliphatic rings. The molecule has 2 atom stereocenters. The Morgan fingerprint density at radius 3 is 2.63 bits per heavy atom. The van der Waals surface area contributed by atoms with E-state index in [4.69, 9.17) is 28.9 Å². The van der Waals surface area contributed by atoms with Gasteiger partial charge in [0.05, 0.1) is 10.0 Å². The minimum Gasteiger partial charge on any atom is -0.321 e. The molecule has 2 unspecified atom stereocenters. The molecule has 0 aliphatic heterocycles. The summed E-state index contributed by atoms with van der Waals surface area (Å²) in [5, 5.41) is 1.24. The number of halogens is 2. The molecule has 0 aromatic heterocycles. The van der Waals surface area contributed by atoms with Gasteiger partial charge in [-0.2, -0.15) is 0 Å². The summed E-state index contributed by atoms with van der Waals surface area (Å²) >= 11 is 12.5. The first-order valence-corrected chi connectivity index (χ1v) is 7.93. The van der Waals surface area contributed by atoms with Crippen LogP contribution in [0.1, 0.15) is 51.5 Å². The van der Waals surface area contributed by atoms with Crippen LogP contribution < -0.4 is 5.73 Å². The lowest BCUT2D eigenvalue weighted by atomic mass is 9.82. The van der Waals surface area contributed by atoms with Crippen molar-refractivity contribution in [2.45, 2.75) is 51.5 Å². The maximum atomic E-state index is 6.67. The highest BCUT2D eigenvalue weighted by atomic mass is 35.5. The van der Waals surface area contributed by atoms with Gasteiger partial charge in [-0.15, -0.1) is 0 Å². The van der Waals surface area contributed by atoms with E-state index in [0.717, 1.165) is 30.2 Å². The van der Waals surface area contributed by atoms with E-state index in [1.807, 2.05) is 18.2 Å². The van der Waals surface area contributed by atoms with Crippen LogP contribution in [0.3, 0.4) is 0 Å². The van der Waals surface area contributed by atoms with Crippen molar-refractivity contribution in [2.75, 3.05) is 0 Å². The molecule has 1 nitrogen and oxygen atoms in total. The third-order valence-corrected chi connectivity index (χ3v) is 5.41. The molecule has 1 saturated carbocycles. The van der Waals surface area contributed by atoms with Gasteiger partial charge in [0.25, 0.3) is 0 Å². The second-order valence-electron chi connectivity index (χ2n) is 6.19. The van der Waals surface area contributed by atoms with Crippen LogP contribution in [0.2, 0.25) is 10.0 Å². The van der Waals surface area contributed by atoms with E-state index in [9.17, 15) is 0 Å². The zero-order valence-corrected chi connectivity index (χ0v) is 13.3. The lowest BCUT2D eigenvalue weighted by Crippen LogP contribution is -2.36. The smallest absolute Gasteiger partial charge is 0.0642 e. The van der Waals surface area contributed by atoms with Crippen LogP contribution in [0.25, 0.3) is 0 Å². The lowest BCUT2D eigenvalue weighted by Gasteiger charge is -2.30. The molecule has 0 saturated heterocycles. The Morgan fingerprint density at radius 1 is 1.21 bits per heavy atom. The lowest BCUT2D eigenvalue weighted by molar-refractivity contribution is 0.325. The standard InChI is InChI=1S/C16H23Cl2N/c1-11(2)12-5-4-9-16(19,10-8-12)13-6-3-7-14(17)15(13)18/h3,6-7,11-12H,4-5,8-10,19H2,1-2H3. The van der Waals surface area contributed by atoms with Gasteiger partial charge in [0.1, 0.15) is 0 Å². The fraction of sp³-hybridized carbons (Fsp3) is 0.625. The molecule has 1 aromatic carbocycles. The predicted molar refractivity (Wildman–Crippen MR) is 83.7 cm³/mol. The van der Waals surface area contributed by atoms with Gasteiger partial charge < -0.3 is 5.73 Å². The Balaban J connectivity index is 2.25. The van der Waals surface area contributed by atoms with Crippen molar-refractivity contribution in [3.8, 4) is 0 Å². The third kappa shape index (κ3) is 3.26. The summed E-state index contributed by atoms with van der Waals surface area (Å²) in [6.45, 7) is 4.61. The van der Waals surface area contributed by atoms with Crippen molar-refractivity contribution in [1.29, 1.82) is 0 Å². The molecular weight excluding hydrogens is 277 g/mol. The van der Waals surface area contributed by atoms with Crippen molar-refractivity contribution in [1.82, 2.24) is 0 Å². The maximum absolute atomic E-state index is 6.67. The quantitative estimate of drug-likeness (QED) is 0.729. The van der Waals surface area contributed by atoms with E-state index in [2.05, 4.69) is 13.8 Å². The first-order chi connectivity index (χ1) is 8.94. The monoisotopic (exact) mass is 299 g/mol. The van der Waals surface area contributed by atoms with E-state index in [0.29, 0.717) is 10.0 Å². The maximum Gasteiger partial charge on any atom is 0.0642 e. The summed E-state index contributed by atoms with van der Waals surface area (Å²) < 4.78 is 0. The molecule has 1 aliphatic carbocycles. The molecule has 19 heavy (non-hydrogen) atoms. The Labute approximate surface area is 126 Å². The highest BCUT2D eigenvalue weighted by molar-refractivity contribution is 6.42. The number of rotatable bonds is 2. The van der Waals surface area contributed by atoms with Crippen LogP contribution in [0.4, 0.5) is 0 Å². The molecule has 0 amide bonds. The fourth-order valence-electron chi connectivity index (χ4n) is 3.22. The fourth-order valence-corrected chi connectivity index (χ4v) is 3.71. The summed E-state index contributed by atoms with van der Waals surface area (Å²) in [4.78, 5) is 0. The van der Waals surface area contributed by atoms with Crippen molar-refractivity contribution in [2.24, 2.45) is 17.6 Å². The van der Waals surface area contributed by atoms with Gasteiger partial charge in [-0.3, -0.25) is 0 Å². The minimum atomic E-state index is -0.314. The Morgan fingerprint density at radius 2 is 1.95 bits per heavy atom. The predicted octanol–water partition coefficient (Wildman–Crippen LogP) is 5.38. The summed E-state index contributed by atoms with van der Waals surface area (Å²) in [7, 11) is 0. The van der Waals surface area contributed by atoms with Crippen molar-refractivity contribution in [3.05, 3.63) is 33.8 Å². The van der Waals surface area contributed by atoms with Crippen molar-refractivity contribution >= 4 is 23.2 Å². The van der Waals surface area contributed by atoms with Gasteiger partial charge in [0.15, 0.2) is 0 Å². The van der Waals surface area contributed by atoms with Crippen LogP contribution >= 0.6 is 23.2 Å². The first-order valence-electron chi connectivity index (χ1n) is 7.17. The third-order valence-electron chi connectivity index (χ3n) is 4.59. The van der Waals surface area contributed by atoms with E-state index in [-0.39, 0.29) is 5.54 Å². The van der Waals surface area contributed by atoms with Gasteiger partial charge >= 0.3 is 0 Å². The second-order valence-corrected chi connectivity index (χ2v) is 6.98. The molecule has 1 aromatic rings. The number of benzene rings is 1. The van der Waals surface area contributed by atoms with Crippen LogP contribution in [0.15, 0.2) is 18.2 Å². The van der Waals surface area contributed by atoms with Gasteiger partial charge in [0, 0.05) is 5.54 Å². The molecule has 0 radical (unpaired) electrons. The highest BCUT2D eigenvalue weighted by Gasteiger charge is 2.33. The van der Waals surface area contributed by atoms with E-state index in [1.165, 1.54) is 19.3 Å². The van der Waals surface area contributed by atoms with Crippen LogP contribution in [0.5, 0.6) is 0 Å². The zero-order valence-electron chi connectivity index (χ0n) is 11.8. The van der Waals surface area contributed by atoms with E-state index in [1.54, 1.807) is 0 Å². The summed E-state index contributed by atoms with van der Waals surface area (Å²) in [6, 6.07) is 5.80. The van der Waals surface area contributed by atoms with Crippen molar-refractivity contribution in [3.63, 3.8) is 0 Å². The Bertz CT molecular complexity index is 444. The first kappa shape index (κ1) is 15.2. The van der Waals surface area contributed by atoms with Crippen LogP contribution in [-0.4, -0.2) is 0 Å². The Kier molecular flexibility index (Phi) is 4.81. The van der Waals surface area contributed by atoms with E-state index >= 15 is 0 Å². The van der Waals surface area contributed by atoms with Crippen LogP contribution in [0, 0.1) is 11.8 Å². The van der Waals surface area contributed by atoms with Gasteiger partial charge in [0.2, 0.25) is 0 Å². The second kappa shape index (κ2) is 6.03. The molecule has 0 bridgehead atoms. The molecule has 2 rings (SSSR count). The normalized spacial score (nSPS) is 28.4. The molecule has 0 spiro atoms. The molecule has 1 fully saturated rings. The SMILES string of the molecule is CC(C)C1CCCC(N)(c2cccc(Cl)c2Cl)CC1. The molecule has 3 heteroatoms. The zero-order chi connectivity index (χ0) is 14.0. The average molecular weight is 300 g/mol. The number of hydrogen-bond donors (Lipinski definition) is 1. The molecule has 106 valence electrons. The Hall–Kier alpha value is -0.240. The minimum absolute atomic E-state index is 0.314. The molecule has 0 heterocycles. The topological polar surface area (TPSA) is 26.0 Å². The summed E-state index contributed by atoms with van der Waals surface area (Å²) in [6.07, 6.45) is 5.61. The molecular formula is C16H23Cl2N. The largest absolute Gasteiger partial charge is 0.321 e. The summed E-state index contributed by atoms with van der Waals surface area (Å²) in [5.74, 6) is 1.51. The van der Waals surface area contributed by atoms with Crippen molar-refractivity contribution < 1.29 is 0 Å². The van der Waals surface area contributed by atoms with Gasteiger partial charge in [-0.1, -0.05) is 62.0 Å². The molecule has 2 N–H and O–H groups in total. The summed E-state index contributed by atoms with van der Waals surface area (Å²) in [5.41, 5.74) is 7.38. The van der Waals surface area contributed by atoms with Crippen LogP contribution in [-0.2, 0) is 5.54 Å². The van der Waals surface area contributed by atoms with Gasteiger partial charge in [-0.25, -0.2) is 0 Å². The van der Waals surface area contributed by atoms with Gasteiger partial charge in [-0.05, 0) is 42.7 Å². The number of hydrogen-bond acceptors (Lipinski definition) is 1.